The van der Waals surface area contributed by atoms with Gasteiger partial charge in [-0.2, -0.15) is 0 Å². The molecule has 0 saturated carbocycles. The minimum absolute atomic E-state index is 0.0531. The van der Waals surface area contributed by atoms with Gasteiger partial charge in [-0.1, -0.05) is 59.8 Å². The minimum atomic E-state index is -0.380. The van der Waals surface area contributed by atoms with Gasteiger partial charge in [0.25, 0.3) is 5.91 Å². The highest BCUT2D eigenvalue weighted by molar-refractivity contribution is 8.16. The number of rotatable bonds is 6. The van der Waals surface area contributed by atoms with E-state index in [0.717, 1.165) is 27.7 Å². The summed E-state index contributed by atoms with van der Waals surface area (Å²) in [6.45, 7) is 7.79. The molecule has 0 aliphatic carbocycles. The van der Waals surface area contributed by atoms with E-state index in [9.17, 15) is 9.59 Å². The minimum Gasteiger partial charge on any atom is -0.354 e. The Morgan fingerprint density at radius 1 is 1.09 bits per heavy atom. The first-order valence-corrected chi connectivity index (χ1v) is 11.9. The second-order valence-corrected chi connectivity index (χ2v) is 9.36. The number of aliphatic imine (C=N–C) groups is 1. The summed E-state index contributed by atoms with van der Waals surface area (Å²) in [6.07, 6.45) is 0.221. The third-order valence-electron chi connectivity index (χ3n) is 5.43. The fourth-order valence-corrected chi connectivity index (χ4v) is 5.04. The third-order valence-corrected chi connectivity index (χ3v) is 6.31. The molecule has 33 heavy (non-hydrogen) atoms. The molecular formula is C26H28N4O2S. The summed E-state index contributed by atoms with van der Waals surface area (Å²) in [7, 11) is 0. The number of nitrogens with one attached hydrogen (secondary N) is 2. The van der Waals surface area contributed by atoms with E-state index in [1.807, 2.05) is 86.5 Å². The Morgan fingerprint density at radius 2 is 1.85 bits per heavy atom. The van der Waals surface area contributed by atoms with E-state index in [-0.39, 0.29) is 30.3 Å². The Bertz CT molecular complexity index is 1170. The largest absolute Gasteiger partial charge is 0.354 e. The van der Waals surface area contributed by atoms with Crippen LogP contribution in [0.1, 0.15) is 44.4 Å². The first-order valence-electron chi connectivity index (χ1n) is 11.0. The molecule has 0 radical (unpaired) electrons. The fourth-order valence-electron chi connectivity index (χ4n) is 4.07. The Morgan fingerprint density at radius 3 is 2.55 bits per heavy atom. The van der Waals surface area contributed by atoms with Crippen LogP contribution in [0.3, 0.4) is 0 Å². The van der Waals surface area contributed by atoms with Crippen LogP contribution in [0.2, 0.25) is 0 Å². The van der Waals surface area contributed by atoms with Crippen molar-refractivity contribution in [1.29, 1.82) is 0 Å². The molecule has 2 aliphatic heterocycles. The molecule has 2 heterocycles. The van der Waals surface area contributed by atoms with Gasteiger partial charge in [0, 0.05) is 17.4 Å². The molecule has 170 valence electrons. The van der Waals surface area contributed by atoms with Crippen molar-refractivity contribution in [1.82, 2.24) is 10.2 Å². The predicted molar refractivity (Wildman–Crippen MR) is 135 cm³/mol. The molecule has 0 bridgehead atoms. The van der Waals surface area contributed by atoms with Crippen LogP contribution in [0.15, 0.2) is 82.0 Å². The number of benzene rings is 2. The summed E-state index contributed by atoms with van der Waals surface area (Å²) >= 11 is 1.49. The van der Waals surface area contributed by atoms with Crippen LogP contribution in [0.4, 0.5) is 5.69 Å². The predicted octanol–water partition coefficient (Wildman–Crippen LogP) is 5.12. The zero-order chi connectivity index (χ0) is 23.5. The SMILES string of the molecule is CC1=C(C(=O)Nc2ccccc2)[C@H](c2cccc(C)c2)N2C(CC(=O)NC(C)C)=CSC2=N1. The van der Waals surface area contributed by atoms with Crippen molar-refractivity contribution in [2.45, 2.75) is 46.2 Å². The molecule has 6 nitrogen and oxygen atoms in total. The Labute approximate surface area is 198 Å². The second-order valence-electron chi connectivity index (χ2n) is 8.53. The molecule has 2 amide bonds. The van der Waals surface area contributed by atoms with Crippen molar-refractivity contribution in [3.8, 4) is 0 Å². The number of carbonyl (C=O) groups excluding carboxylic acids is 2. The van der Waals surface area contributed by atoms with Gasteiger partial charge in [0.2, 0.25) is 5.91 Å². The van der Waals surface area contributed by atoms with E-state index >= 15 is 0 Å². The number of amides is 2. The summed E-state index contributed by atoms with van der Waals surface area (Å²) in [6, 6.07) is 17.2. The standard InChI is InChI=1S/C26H28N4O2S/c1-16(2)27-22(31)14-21-15-33-26-28-18(4)23(25(32)29-20-11-6-5-7-12-20)24(30(21)26)19-10-8-9-17(3)13-19/h5-13,15-16,24H,14H2,1-4H3,(H,27,31)(H,29,32)/t24-/m0/s1. The first kappa shape index (κ1) is 22.9. The Kier molecular flexibility index (Phi) is 6.70. The van der Waals surface area contributed by atoms with Crippen molar-refractivity contribution >= 4 is 34.4 Å². The molecule has 0 aromatic heterocycles. The zero-order valence-electron chi connectivity index (χ0n) is 19.3. The lowest BCUT2D eigenvalue weighted by Gasteiger charge is -2.36. The van der Waals surface area contributed by atoms with Gasteiger partial charge in [0.05, 0.1) is 23.7 Å². The van der Waals surface area contributed by atoms with Crippen molar-refractivity contribution < 1.29 is 9.59 Å². The van der Waals surface area contributed by atoms with Crippen LogP contribution in [0, 0.1) is 6.92 Å². The van der Waals surface area contributed by atoms with Crippen LogP contribution >= 0.6 is 11.8 Å². The van der Waals surface area contributed by atoms with Gasteiger partial charge in [-0.25, -0.2) is 4.99 Å². The van der Waals surface area contributed by atoms with Crippen LogP contribution < -0.4 is 10.6 Å². The van der Waals surface area contributed by atoms with E-state index in [1.165, 1.54) is 11.8 Å². The van der Waals surface area contributed by atoms with Crippen molar-refractivity contribution in [3.05, 3.63) is 88.1 Å². The number of fused-ring (bicyclic) bond motifs is 1. The van der Waals surface area contributed by atoms with Crippen LogP contribution in [-0.2, 0) is 9.59 Å². The number of nitrogens with zero attached hydrogens (tertiary/aromatic N) is 2. The fraction of sp³-hybridized carbons (Fsp3) is 0.269. The van der Waals surface area contributed by atoms with E-state index < -0.39 is 0 Å². The topological polar surface area (TPSA) is 73.8 Å². The molecule has 2 aliphatic rings. The lowest BCUT2D eigenvalue weighted by atomic mass is 9.92. The van der Waals surface area contributed by atoms with Crippen LogP contribution in [-0.4, -0.2) is 27.9 Å². The molecule has 0 fully saturated rings. The summed E-state index contributed by atoms with van der Waals surface area (Å²) in [5.41, 5.74) is 4.90. The molecule has 7 heteroatoms. The van der Waals surface area contributed by atoms with E-state index in [4.69, 9.17) is 4.99 Å². The number of thioether (sulfide) groups is 1. The van der Waals surface area contributed by atoms with E-state index in [0.29, 0.717) is 11.3 Å². The third kappa shape index (κ3) is 5.03. The zero-order valence-corrected chi connectivity index (χ0v) is 20.1. The molecule has 0 spiro atoms. The highest BCUT2D eigenvalue weighted by atomic mass is 32.2. The molecule has 4 rings (SSSR count). The van der Waals surface area contributed by atoms with E-state index in [2.05, 4.69) is 16.7 Å². The van der Waals surface area contributed by atoms with Gasteiger partial charge in [0.15, 0.2) is 5.17 Å². The molecule has 0 saturated heterocycles. The average molecular weight is 461 g/mol. The Balaban J connectivity index is 1.74. The van der Waals surface area contributed by atoms with Gasteiger partial charge in [0.1, 0.15) is 0 Å². The lowest BCUT2D eigenvalue weighted by molar-refractivity contribution is -0.121. The molecule has 2 aromatic carbocycles. The van der Waals surface area contributed by atoms with Crippen molar-refractivity contribution in [2.24, 2.45) is 4.99 Å². The number of hydrogen-bond acceptors (Lipinski definition) is 5. The number of aryl methyl sites for hydroxylation is 1. The summed E-state index contributed by atoms with van der Waals surface area (Å²) in [5.74, 6) is -0.251. The molecule has 1 atom stereocenters. The second kappa shape index (κ2) is 9.67. The maximum Gasteiger partial charge on any atom is 0.255 e. The van der Waals surface area contributed by atoms with Gasteiger partial charge in [-0.15, -0.1) is 0 Å². The summed E-state index contributed by atoms with van der Waals surface area (Å²) in [5, 5.41) is 8.72. The van der Waals surface area contributed by atoms with Gasteiger partial charge in [-0.05, 0) is 50.8 Å². The molecule has 2 N–H and O–H groups in total. The summed E-state index contributed by atoms with van der Waals surface area (Å²) in [4.78, 5) is 32.9. The molecule has 2 aromatic rings. The van der Waals surface area contributed by atoms with Crippen molar-refractivity contribution in [3.63, 3.8) is 0 Å². The maximum absolute atomic E-state index is 13.5. The normalized spacial score (nSPS) is 17.5. The van der Waals surface area contributed by atoms with E-state index in [1.54, 1.807) is 0 Å². The van der Waals surface area contributed by atoms with Crippen LogP contribution in [0.25, 0.3) is 0 Å². The first-order chi connectivity index (χ1) is 15.8. The Hall–Kier alpha value is -3.32. The number of carbonyl (C=O) groups is 2. The number of para-hydroxylation sites is 1. The number of allylic oxidation sites excluding steroid dienone is 1. The summed E-state index contributed by atoms with van der Waals surface area (Å²) < 4.78 is 0. The molecular weight excluding hydrogens is 432 g/mol. The van der Waals surface area contributed by atoms with Crippen LogP contribution in [0.5, 0.6) is 0 Å². The van der Waals surface area contributed by atoms with Crippen molar-refractivity contribution in [2.75, 3.05) is 5.32 Å². The average Bonchev–Trinajstić information content (AvgIpc) is 3.14. The number of anilines is 1. The smallest absolute Gasteiger partial charge is 0.255 e. The lowest BCUT2D eigenvalue weighted by Crippen LogP contribution is -2.39. The quantitative estimate of drug-likeness (QED) is 0.627. The van der Waals surface area contributed by atoms with Gasteiger partial charge >= 0.3 is 0 Å². The monoisotopic (exact) mass is 460 g/mol. The highest BCUT2D eigenvalue weighted by Gasteiger charge is 2.40. The van der Waals surface area contributed by atoms with Gasteiger partial charge in [-0.3, -0.25) is 9.59 Å². The number of amidine groups is 1. The molecule has 0 unspecified atom stereocenters. The maximum atomic E-state index is 13.5. The number of hydrogen-bond donors (Lipinski definition) is 2. The highest BCUT2D eigenvalue weighted by Crippen LogP contribution is 2.44. The van der Waals surface area contributed by atoms with Gasteiger partial charge < -0.3 is 15.5 Å².